The number of rotatable bonds is 13. The highest BCUT2D eigenvalue weighted by Crippen LogP contribution is 2.60. The molecule has 0 spiro atoms. The molecule has 0 saturated carbocycles. The molecule has 0 aromatic rings. The first-order valence-electron chi connectivity index (χ1n) is 12.9. The van der Waals surface area contributed by atoms with Crippen molar-refractivity contribution in [2.24, 2.45) is 0 Å². The molecule has 0 atom stereocenters. The van der Waals surface area contributed by atoms with E-state index in [0.717, 1.165) is 0 Å². The summed E-state index contributed by atoms with van der Waals surface area (Å²) in [6.07, 6.45) is 0. The molecule has 40 heavy (non-hydrogen) atoms. The third-order valence-corrected chi connectivity index (χ3v) is 38.0. The van der Waals surface area contributed by atoms with Gasteiger partial charge in [0.05, 0.1) is 14.2 Å². The average molecular weight is 742 g/mol. The summed E-state index contributed by atoms with van der Waals surface area (Å²) in [6.45, 7) is 28.9. The van der Waals surface area contributed by atoms with E-state index in [1.807, 2.05) is 26.2 Å². The lowest BCUT2D eigenvalue weighted by atomic mass is 9.98. The Morgan fingerprint density at radius 3 is 0.775 bits per heavy atom. The van der Waals surface area contributed by atoms with Gasteiger partial charge in [-0.05, 0) is 74.3 Å². The minimum absolute atomic E-state index is 1.00. The van der Waals surface area contributed by atoms with Gasteiger partial charge in [-0.3, -0.25) is 0 Å². The van der Waals surface area contributed by atoms with Crippen LogP contribution in [0.15, 0.2) is 0 Å². The molecule has 0 amide bonds. The van der Waals surface area contributed by atoms with Crippen molar-refractivity contribution >= 4 is 84.4 Å². The third kappa shape index (κ3) is 6.48. The summed E-state index contributed by atoms with van der Waals surface area (Å²) in [7, 11) is -4.63. The van der Waals surface area contributed by atoms with E-state index < -0.39 is 81.7 Å². The van der Waals surface area contributed by atoms with Gasteiger partial charge in [-0.2, -0.15) is 0 Å². The van der Waals surface area contributed by atoms with Gasteiger partial charge in [0.1, 0.15) is 0 Å². The molecule has 0 rings (SSSR count). The fourth-order valence-electron chi connectivity index (χ4n) is 4.42. The molecule has 0 aliphatic carbocycles. The highest BCUT2D eigenvalue weighted by Gasteiger charge is 2.68. The first-order chi connectivity index (χ1) is 16.7. The fraction of sp³-hybridized carbons (Fsp3) is 1.00. The molecular weight excluding hydrogens is 691 g/mol. The lowest BCUT2D eigenvalue weighted by Gasteiger charge is -2.59. The number of hydrogen-bond acceptors (Lipinski definition) is 8. The van der Waals surface area contributed by atoms with Crippen LogP contribution in [0, 0.1) is 0 Å². The summed E-state index contributed by atoms with van der Waals surface area (Å²) >= 11 is 0. The van der Waals surface area contributed by atoms with E-state index in [1.165, 1.54) is 13.8 Å². The first-order valence-corrected chi connectivity index (χ1v) is 28.0. The molecule has 0 saturated heterocycles. The fourth-order valence-corrected chi connectivity index (χ4v) is 28.2. The van der Waals surface area contributed by atoms with E-state index in [9.17, 15) is 25.3 Å². The maximum absolute atomic E-state index is 13.0. The minimum atomic E-state index is -4.18. The van der Waals surface area contributed by atoms with Crippen LogP contribution >= 0.6 is 32.0 Å². The van der Waals surface area contributed by atoms with Crippen molar-refractivity contribution in [3.8, 4) is 0 Å². The Labute approximate surface area is 261 Å². The molecule has 0 fully saturated rings. The molecular formula is C23H51Cl3O8S3Si3. The third-order valence-electron chi connectivity index (χ3n) is 11.4. The van der Waals surface area contributed by atoms with E-state index in [0.29, 0.717) is 0 Å². The van der Waals surface area contributed by atoms with Gasteiger partial charge < -0.3 is 8.23 Å². The van der Waals surface area contributed by atoms with Crippen molar-refractivity contribution in [2.75, 3.05) is 0 Å². The zero-order chi connectivity index (χ0) is 33.4. The molecule has 17 heteroatoms. The van der Waals surface area contributed by atoms with Crippen LogP contribution in [0.4, 0.5) is 0 Å². The topological polar surface area (TPSA) is 121 Å². The lowest BCUT2D eigenvalue weighted by Crippen LogP contribution is -2.70. The normalized spacial score (nSPS) is 16.8. The molecule has 0 aliphatic heterocycles. The maximum Gasteiger partial charge on any atom is 0.321 e. The van der Waals surface area contributed by atoms with Crippen LogP contribution in [0.25, 0.3) is 0 Å². The smallest absolute Gasteiger partial charge is 0.321 e. The van der Waals surface area contributed by atoms with Crippen molar-refractivity contribution in [3.63, 3.8) is 0 Å². The zero-order valence-corrected chi connectivity index (χ0v) is 34.8. The van der Waals surface area contributed by atoms with Crippen LogP contribution in [0.5, 0.6) is 0 Å². The average Bonchev–Trinajstić information content (AvgIpc) is 2.63. The van der Waals surface area contributed by atoms with E-state index in [2.05, 4.69) is 0 Å². The van der Waals surface area contributed by atoms with Crippen molar-refractivity contribution in [1.82, 2.24) is 0 Å². The lowest BCUT2D eigenvalue weighted by molar-refractivity contribution is 0.269. The van der Waals surface area contributed by atoms with E-state index in [1.54, 1.807) is 75.8 Å². The monoisotopic (exact) mass is 740 g/mol. The summed E-state index contributed by atoms with van der Waals surface area (Å²) in [5.41, 5.74) is 0. The SMILES string of the molecule is CC(C)(C(C)(C)S(=O)(=O)Cl)[Si](C)(C)O[Si](C)(O[Si](C)(C)C(C)(C)C(C)(C)S(=O)(=O)Cl)C(C)(C)C(C)(C)S(=O)(=O)Cl. The summed E-state index contributed by atoms with van der Waals surface area (Å²) in [5, 5.41) is -3.23. The van der Waals surface area contributed by atoms with Gasteiger partial charge in [-0.1, -0.05) is 41.5 Å². The Bertz CT molecular complexity index is 1230. The quantitative estimate of drug-likeness (QED) is 0.138. The van der Waals surface area contributed by atoms with Crippen LogP contribution in [0.1, 0.15) is 83.1 Å². The van der Waals surface area contributed by atoms with Crippen molar-refractivity contribution < 1.29 is 33.5 Å². The molecule has 0 bridgehead atoms. The summed E-state index contributed by atoms with van der Waals surface area (Å²) < 4.78 is 86.6. The molecule has 0 radical (unpaired) electrons. The van der Waals surface area contributed by atoms with E-state index in [-0.39, 0.29) is 0 Å². The number of hydrogen-bond donors (Lipinski definition) is 0. The van der Waals surface area contributed by atoms with Crippen LogP contribution in [-0.4, -0.2) is 64.7 Å². The predicted molar refractivity (Wildman–Crippen MR) is 177 cm³/mol. The molecule has 0 aromatic carbocycles. The molecule has 0 N–H and O–H groups in total. The summed E-state index contributed by atoms with van der Waals surface area (Å²) in [5.74, 6) is 0. The summed E-state index contributed by atoms with van der Waals surface area (Å²) in [4.78, 5) is 0. The van der Waals surface area contributed by atoms with Crippen molar-refractivity contribution in [3.05, 3.63) is 0 Å². The van der Waals surface area contributed by atoms with Gasteiger partial charge in [0.2, 0.25) is 27.2 Å². The van der Waals surface area contributed by atoms with Crippen LogP contribution < -0.4 is 0 Å². The highest BCUT2D eigenvalue weighted by atomic mass is 35.7. The highest BCUT2D eigenvalue weighted by molar-refractivity contribution is 8.15. The predicted octanol–water partition coefficient (Wildman–Crippen LogP) is 7.88. The standard InChI is InChI=1S/C23H51Cl3O8S3Si3/c1-18(2,35(24,27)28)21(7,8)38(13,14)33-40(17,23(11,12)20(5,6)37(26,31)32)34-39(15,16)22(9,10)19(3,4)36(25,29)30/h1-17H3. The Balaban J connectivity index is 7.66. The Morgan fingerprint density at radius 1 is 0.425 bits per heavy atom. The Kier molecular flexibility index (Phi) is 11.3. The minimum Gasteiger partial charge on any atom is -0.436 e. The van der Waals surface area contributed by atoms with Crippen LogP contribution in [0.2, 0.25) is 47.8 Å². The van der Waals surface area contributed by atoms with Crippen LogP contribution in [-0.2, 0) is 35.4 Å². The second-order valence-corrected chi connectivity index (χ2v) is 37.6. The molecule has 0 unspecified atom stereocenters. The van der Waals surface area contributed by atoms with Crippen molar-refractivity contribution in [2.45, 2.75) is 145 Å². The van der Waals surface area contributed by atoms with Crippen molar-refractivity contribution in [1.29, 1.82) is 0 Å². The number of halogens is 3. The van der Waals surface area contributed by atoms with Crippen LogP contribution in [0.3, 0.4) is 0 Å². The Morgan fingerprint density at radius 2 is 0.600 bits per heavy atom. The molecule has 0 heterocycles. The van der Waals surface area contributed by atoms with E-state index >= 15 is 0 Å². The first kappa shape index (κ1) is 41.3. The van der Waals surface area contributed by atoms with Gasteiger partial charge in [-0.25, -0.2) is 25.3 Å². The molecule has 0 aromatic heterocycles. The molecule has 8 nitrogen and oxygen atoms in total. The van der Waals surface area contributed by atoms with Gasteiger partial charge >= 0.3 is 8.56 Å². The largest absolute Gasteiger partial charge is 0.436 e. The maximum atomic E-state index is 13.0. The Hall–Kier alpha value is 1.29. The zero-order valence-electron chi connectivity index (χ0n) is 27.1. The van der Waals surface area contributed by atoms with Gasteiger partial charge in [-0.15, -0.1) is 0 Å². The second-order valence-electron chi connectivity index (χ2n) is 14.9. The summed E-state index contributed by atoms with van der Waals surface area (Å²) in [6, 6.07) is 0. The van der Waals surface area contributed by atoms with Gasteiger partial charge in [0.25, 0.3) is 0 Å². The van der Waals surface area contributed by atoms with Gasteiger partial charge in [0, 0.05) is 47.2 Å². The molecule has 0 aliphatic rings. The molecule has 242 valence electrons. The second kappa shape index (κ2) is 11.0. The van der Waals surface area contributed by atoms with Gasteiger partial charge in [0.15, 0.2) is 16.6 Å². The van der Waals surface area contributed by atoms with E-state index in [4.69, 9.17) is 40.3 Å².